The van der Waals surface area contributed by atoms with Crippen LogP contribution in [0.15, 0.2) is 22.7 Å². The predicted molar refractivity (Wildman–Crippen MR) is 85.0 cm³/mol. The average Bonchev–Trinajstić information content (AvgIpc) is 3.02. The summed E-state index contributed by atoms with van der Waals surface area (Å²) in [6, 6.07) is 4.87. The third kappa shape index (κ3) is 3.18. The van der Waals surface area contributed by atoms with Crippen molar-refractivity contribution in [1.82, 2.24) is 9.80 Å². The number of carbonyl (C=O) groups excluding carboxylic acids is 2. The summed E-state index contributed by atoms with van der Waals surface area (Å²) >= 11 is 3.17. The smallest absolute Gasteiger partial charge is 0.234 e. The van der Waals surface area contributed by atoms with Crippen LogP contribution < -0.4 is 0 Å². The van der Waals surface area contributed by atoms with E-state index in [1.807, 2.05) is 0 Å². The summed E-state index contributed by atoms with van der Waals surface area (Å²) in [7, 11) is 1.55. The third-order valence-electron chi connectivity index (χ3n) is 4.47. The van der Waals surface area contributed by atoms with Gasteiger partial charge in [0.15, 0.2) is 0 Å². The Morgan fingerprint density at radius 3 is 2.48 bits per heavy atom. The minimum absolute atomic E-state index is 0.0974. The Morgan fingerprint density at radius 1 is 1.26 bits per heavy atom. The fourth-order valence-corrected chi connectivity index (χ4v) is 3.75. The van der Waals surface area contributed by atoms with Crippen molar-refractivity contribution < 1.29 is 18.7 Å². The summed E-state index contributed by atoms with van der Waals surface area (Å²) in [4.78, 5) is 28.1. The maximum atomic E-state index is 13.3. The number of methoxy groups -OCH3 is 1. The fraction of sp³-hybridized carbons (Fsp3) is 0.500. The van der Waals surface area contributed by atoms with Gasteiger partial charge < -0.3 is 4.74 Å². The molecule has 7 heteroatoms. The molecule has 3 rings (SSSR count). The van der Waals surface area contributed by atoms with Crippen molar-refractivity contribution in [3.05, 3.63) is 34.1 Å². The molecule has 5 nitrogen and oxygen atoms in total. The number of benzene rings is 1. The molecule has 2 aliphatic heterocycles. The Labute approximate surface area is 142 Å². The van der Waals surface area contributed by atoms with Gasteiger partial charge in [-0.05, 0) is 33.6 Å². The normalized spacial score (nSPS) is 24.6. The van der Waals surface area contributed by atoms with Gasteiger partial charge in [0.05, 0.1) is 29.5 Å². The second-order valence-corrected chi connectivity index (χ2v) is 6.83. The molecule has 124 valence electrons. The summed E-state index contributed by atoms with van der Waals surface area (Å²) in [5.41, 5.74) is 0.953. The number of rotatable bonds is 5. The summed E-state index contributed by atoms with van der Waals surface area (Å²) in [5, 5.41) is 0. The standard InChI is InChI=1S/C16H18BrFN2O3/c1-23-5-4-20-15(21)11-8-19(9-12(11)16(20)22)7-10-2-3-14(18)13(17)6-10/h2-3,6,11-12H,4-5,7-9H2,1H3. The van der Waals surface area contributed by atoms with Gasteiger partial charge in [0.2, 0.25) is 11.8 Å². The monoisotopic (exact) mass is 384 g/mol. The van der Waals surface area contributed by atoms with Crippen molar-refractivity contribution >= 4 is 27.7 Å². The molecule has 0 spiro atoms. The lowest BCUT2D eigenvalue weighted by atomic mass is 10.00. The first-order valence-electron chi connectivity index (χ1n) is 7.51. The van der Waals surface area contributed by atoms with Crippen LogP contribution in [0, 0.1) is 17.7 Å². The molecule has 0 aromatic heterocycles. The highest BCUT2D eigenvalue weighted by Gasteiger charge is 2.51. The molecular formula is C16H18BrFN2O3. The Balaban J connectivity index is 1.65. The fourth-order valence-electron chi connectivity index (χ4n) is 3.32. The van der Waals surface area contributed by atoms with Crippen LogP contribution in [0.4, 0.5) is 4.39 Å². The number of nitrogens with zero attached hydrogens (tertiary/aromatic N) is 2. The summed E-state index contributed by atoms with van der Waals surface area (Å²) < 4.78 is 18.7. The van der Waals surface area contributed by atoms with Gasteiger partial charge in [-0.15, -0.1) is 0 Å². The zero-order valence-electron chi connectivity index (χ0n) is 12.8. The van der Waals surface area contributed by atoms with E-state index in [9.17, 15) is 14.0 Å². The van der Waals surface area contributed by atoms with E-state index in [1.54, 1.807) is 19.2 Å². The van der Waals surface area contributed by atoms with Crippen LogP contribution in [0.2, 0.25) is 0 Å². The summed E-state index contributed by atoms with van der Waals surface area (Å²) in [6.45, 7) is 2.42. The highest BCUT2D eigenvalue weighted by molar-refractivity contribution is 9.10. The lowest BCUT2D eigenvalue weighted by molar-refractivity contribution is -0.141. The van der Waals surface area contributed by atoms with Gasteiger partial charge in [-0.2, -0.15) is 0 Å². The minimum Gasteiger partial charge on any atom is -0.383 e. The molecule has 2 heterocycles. The van der Waals surface area contributed by atoms with Gasteiger partial charge >= 0.3 is 0 Å². The maximum absolute atomic E-state index is 13.3. The zero-order chi connectivity index (χ0) is 16.6. The molecule has 1 aromatic rings. The van der Waals surface area contributed by atoms with Crippen molar-refractivity contribution in [1.29, 1.82) is 0 Å². The quantitative estimate of drug-likeness (QED) is 0.724. The number of hydrogen-bond donors (Lipinski definition) is 0. The van der Waals surface area contributed by atoms with Gasteiger partial charge in [-0.1, -0.05) is 6.07 Å². The van der Waals surface area contributed by atoms with Crippen LogP contribution >= 0.6 is 15.9 Å². The molecule has 2 fully saturated rings. The van der Waals surface area contributed by atoms with Crippen LogP contribution in [0.3, 0.4) is 0 Å². The Morgan fingerprint density at radius 2 is 1.91 bits per heavy atom. The lowest BCUT2D eigenvalue weighted by Gasteiger charge is -2.20. The second-order valence-electron chi connectivity index (χ2n) is 5.98. The number of hydrogen-bond acceptors (Lipinski definition) is 4. The van der Waals surface area contributed by atoms with Crippen LogP contribution in [-0.2, 0) is 20.9 Å². The minimum atomic E-state index is -0.300. The van der Waals surface area contributed by atoms with Crippen molar-refractivity contribution in [3.63, 3.8) is 0 Å². The zero-order valence-corrected chi connectivity index (χ0v) is 14.4. The molecule has 2 atom stereocenters. The van der Waals surface area contributed by atoms with E-state index in [0.717, 1.165) is 5.56 Å². The molecule has 0 aliphatic carbocycles. The topological polar surface area (TPSA) is 49.9 Å². The summed E-state index contributed by atoms with van der Waals surface area (Å²) in [5.74, 6) is -1.02. The maximum Gasteiger partial charge on any atom is 0.234 e. The molecule has 1 aromatic carbocycles. The molecule has 23 heavy (non-hydrogen) atoms. The molecule has 2 unspecified atom stereocenters. The number of amides is 2. The van der Waals surface area contributed by atoms with E-state index >= 15 is 0 Å². The van der Waals surface area contributed by atoms with Gasteiger partial charge in [0.1, 0.15) is 5.82 Å². The van der Waals surface area contributed by atoms with Crippen LogP contribution in [-0.4, -0.2) is 55.0 Å². The third-order valence-corrected chi connectivity index (χ3v) is 5.08. The molecule has 0 saturated carbocycles. The number of imide groups is 1. The number of carbonyl (C=O) groups is 2. The number of likely N-dealkylation sites (tertiary alicyclic amines) is 2. The molecule has 0 N–H and O–H groups in total. The van der Waals surface area contributed by atoms with Crippen molar-refractivity contribution in [2.75, 3.05) is 33.4 Å². The van der Waals surface area contributed by atoms with Crippen molar-refractivity contribution in [2.24, 2.45) is 11.8 Å². The van der Waals surface area contributed by atoms with Crippen LogP contribution in [0.25, 0.3) is 0 Å². The molecular weight excluding hydrogens is 367 g/mol. The summed E-state index contributed by atoms with van der Waals surface area (Å²) in [6.07, 6.45) is 0. The SMILES string of the molecule is COCCN1C(=O)C2CN(Cc3ccc(F)c(Br)c3)CC2C1=O. The lowest BCUT2D eigenvalue weighted by Crippen LogP contribution is -2.37. The molecule has 0 bridgehead atoms. The van der Waals surface area contributed by atoms with E-state index in [1.165, 1.54) is 11.0 Å². The molecule has 2 aliphatic rings. The van der Waals surface area contributed by atoms with Crippen LogP contribution in [0.5, 0.6) is 0 Å². The molecule has 0 radical (unpaired) electrons. The number of halogens is 2. The first-order chi connectivity index (χ1) is 11.0. The van der Waals surface area contributed by atoms with E-state index in [0.29, 0.717) is 37.3 Å². The Kier molecular flexibility index (Phi) is 4.79. The van der Waals surface area contributed by atoms with Gasteiger partial charge in [-0.3, -0.25) is 19.4 Å². The van der Waals surface area contributed by atoms with Crippen molar-refractivity contribution in [2.45, 2.75) is 6.54 Å². The van der Waals surface area contributed by atoms with E-state index < -0.39 is 0 Å². The van der Waals surface area contributed by atoms with E-state index in [4.69, 9.17) is 4.74 Å². The predicted octanol–water partition coefficient (Wildman–Crippen LogP) is 1.65. The first-order valence-corrected chi connectivity index (χ1v) is 8.31. The highest BCUT2D eigenvalue weighted by atomic mass is 79.9. The van der Waals surface area contributed by atoms with Crippen LogP contribution in [0.1, 0.15) is 5.56 Å². The average molecular weight is 385 g/mol. The first kappa shape index (κ1) is 16.5. The molecule has 2 saturated heterocycles. The van der Waals surface area contributed by atoms with Gasteiger partial charge in [0.25, 0.3) is 0 Å². The van der Waals surface area contributed by atoms with E-state index in [-0.39, 0.29) is 29.5 Å². The number of fused-ring (bicyclic) bond motifs is 1. The Hall–Kier alpha value is -1.31. The highest BCUT2D eigenvalue weighted by Crippen LogP contribution is 2.34. The van der Waals surface area contributed by atoms with Gasteiger partial charge in [0, 0.05) is 26.7 Å². The second kappa shape index (κ2) is 6.67. The van der Waals surface area contributed by atoms with Crippen molar-refractivity contribution in [3.8, 4) is 0 Å². The number of ether oxygens (including phenoxy) is 1. The van der Waals surface area contributed by atoms with Gasteiger partial charge in [-0.25, -0.2) is 4.39 Å². The molecule has 2 amide bonds. The Bertz CT molecular complexity index is 616. The van der Waals surface area contributed by atoms with E-state index in [2.05, 4.69) is 20.8 Å². The largest absolute Gasteiger partial charge is 0.383 e.